The van der Waals surface area contributed by atoms with E-state index in [1.165, 1.54) is 0 Å². The summed E-state index contributed by atoms with van der Waals surface area (Å²) in [5.74, 6) is 0.895. The Morgan fingerprint density at radius 3 is 2.58 bits per heavy atom. The number of alkyl halides is 1. The van der Waals surface area contributed by atoms with Crippen molar-refractivity contribution in [2.75, 3.05) is 11.9 Å². The fourth-order valence-electron chi connectivity index (χ4n) is 1.52. The van der Waals surface area contributed by atoms with Crippen molar-refractivity contribution < 1.29 is 9.53 Å². The zero-order valence-corrected chi connectivity index (χ0v) is 13.6. The minimum absolute atomic E-state index is 0.0414. The van der Waals surface area contributed by atoms with Crippen molar-refractivity contribution in [3.05, 3.63) is 23.8 Å². The standard InChI is InChI=1S/C15H22BrNO2/c1-5-15(3,4)14(18)17-12-7-8-13(19-6-2)11(9-12)10-16/h7-9H,5-6,10H2,1-4H3,(H,17,18). The predicted molar refractivity (Wildman–Crippen MR) is 82.9 cm³/mol. The highest BCUT2D eigenvalue weighted by Crippen LogP contribution is 2.27. The van der Waals surface area contributed by atoms with Crippen LogP contribution in [0.25, 0.3) is 0 Å². The number of hydrogen-bond acceptors (Lipinski definition) is 2. The fraction of sp³-hybridized carbons (Fsp3) is 0.533. The Kier molecular flexibility index (Phi) is 5.85. The number of amides is 1. The van der Waals surface area contributed by atoms with Crippen molar-refractivity contribution in [1.82, 2.24) is 0 Å². The molecule has 3 nitrogen and oxygen atoms in total. The Bertz CT molecular complexity index is 444. The molecule has 0 fully saturated rings. The van der Waals surface area contributed by atoms with Crippen molar-refractivity contribution in [1.29, 1.82) is 0 Å². The van der Waals surface area contributed by atoms with Gasteiger partial charge in [0.15, 0.2) is 0 Å². The lowest BCUT2D eigenvalue weighted by Gasteiger charge is -2.22. The molecule has 4 heteroatoms. The number of carbonyl (C=O) groups excluding carboxylic acids is 1. The van der Waals surface area contributed by atoms with Crippen molar-refractivity contribution in [2.45, 2.75) is 39.4 Å². The average molecular weight is 328 g/mol. The number of halogens is 1. The van der Waals surface area contributed by atoms with Gasteiger partial charge in [-0.1, -0.05) is 36.7 Å². The van der Waals surface area contributed by atoms with Crippen LogP contribution in [0.2, 0.25) is 0 Å². The highest BCUT2D eigenvalue weighted by atomic mass is 79.9. The van der Waals surface area contributed by atoms with Crippen LogP contribution in [-0.2, 0) is 10.1 Å². The van der Waals surface area contributed by atoms with E-state index < -0.39 is 0 Å². The Morgan fingerprint density at radius 1 is 1.37 bits per heavy atom. The molecule has 0 aromatic heterocycles. The molecule has 19 heavy (non-hydrogen) atoms. The first kappa shape index (κ1) is 16.0. The smallest absolute Gasteiger partial charge is 0.230 e. The first-order valence-electron chi connectivity index (χ1n) is 6.57. The SMILES string of the molecule is CCOc1ccc(NC(=O)C(C)(C)CC)cc1CBr. The summed E-state index contributed by atoms with van der Waals surface area (Å²) in [4.78, 5) is 12.1. The third-order valence-corrected chi connectivity index (χ3v) is 3.86. The van der Waals surface area contributed by atoms with E-state index in [-0.39, 0.29) is 11.3 Å². The van der Waals surface area contributed by atoms with Crippen LogP contribution in [0, 0.1) is 5.41 Å². The van der Waals surface area contributed by atoms with Gasteiger partial charge in [0.05, 0.1) is 6.61 Å². The third-order valence-electron chi connectivity index (χ3n) is 3.26. The lowest BCUT2D eigenvalue weighted by molar-refractivity contribution is -0.124. The Hall–Kier alpha value is -1.03. The molecular weight excluding hydrogens is 306 g/mol. The minimum atomic E-state index is -0.354. The molecule has 0 unspecified atom stereocenters. The molecule has 0 bridgehead atoms. The van der Waals surface area contributed by atoms with Gasteiger partial charge in [-0.25, -0.2) is 0 Å². The monoisotopic (exact) mass is 327 g/mol. The molecule has 1 N–H and O–H groups in total. The first-order valence-corrected chi connectivity index (χ1v) is 7.70. The van der Waals surface area contributed by atoms with Gasteiger partial charge in [-0.2, -0.15) is 0 Å². The topological polar surface area (TPSA) is 38.3 Å². The molecule has 106 valence electrons. The maximum Gasteiger partial charge on any atom is 0.230 e. The second-order valence-electron chi connectivity index (χ2n) is 5.08. The molecule has 0 saturated carbocycles. The average Bonchev–Trinajstić information content (AvgIpc) is 2.40. The van der Waals surface area contributed by atoms with E-state index in [4.69, 9.17) is 4.74 Å². The molecule has 0 spiro atoms. The van der Waals surface area contributed by atoms with Gasteiger partial charge < -0.3 is 10.1 Å². The van der Waals surface area contributed by atoms with E-state index in [9.17, 15) is 4.79 Å². The van der Waals surface area contributed by atoms with E-state index >= 15 is 0 Å². The summed E-state index contributed by atoms with van der Waals surface area (Å²) in [6, 6.07) is 5.72. The van der Waals surface area contributed by atoms with Crippen LogP contribution >= 0.6 is 15.9 Å². The molecular formula is C15H22BrNO2. The van der Waals surface area contributed by atoms with Crippen LogP contribution in [0.5, 0.6) is 5.75 Å². The van der Waals surface area contributed by atoms with Gasteiger partial charge in [0.1, 0.15) is 5.75 Å². The van der Waals surface area contributed by atoms with E-state index in [0.717, 1.165) is 23.4 Å². The van der Waals surface area contributed by atoms with Gasteiger partial charge in [-0.05, 0) is 31.5 Å². The van der Waals surface area contributed by atoms with Gasteiger partial charge >= 0.3 is 0 Å². The number of anilines is 1. The first-order chi connectivity index (χ1) is 8.94. The summed E-state index contributed by atoms with van der Waals surface area (Å²) in [5, 5.41) is 3.66. The lowest BCUT2D eigenvalue weighted by Crippen LogP contribution is -2.30. The molecule has 0 aliphatic carbocycles. The summed E-state index contributed by atoms with van der Waals surface area (Å²) >= 11 is 3.44. The number of nitrogens with one attached hydrogen (secondary N) is 1. The molecule has 0 atom stereocenters. The highest BCUT2D eigenvalue weighted by Gasteiger charge is 2.25. The Balaban J connectivity index is 2.89. The highest BCUT2D eigenvalue weighted by molar-refractivity contribution is 9.08. The predicted octanol–water partition coefficient (Wildman–Crippen LogP) is 4.35. The van der Waals surface area contributed by atoms with Crippen molar-refractivity contribution in [3.8, 4) is 5.75 Å². The molecule has 0 radical (unpaired) electrons. The van der Waals surface area contributed by atoms with Crippen LogP contribution in [0.4, 0.5) is 5.69 Å². The number of benzene rings is 1. The summed E-state index contributed by atoms with van der Waals surface area (Å²) in [6.07, 6.45) is 0.807. The fourth-order valence-corrected chi connectivity index (χ4v) is 1.96. The summed E-state index contributed by atoms with van der Waals surface area (Å²) in [6.45, 7) is 8.50. The molecule has 0 aliphatic heterocycles. The van der Waals surface area contributed by atoms with Gasteiger partial charge in [0, 0.05) is 22.0 Å². The van der Waals surface area contributed by atoms with E-state index in [1.807, 2.05) is 45.9 Å². The molecule has 0 saturated heterocycles. The second kappa shape index (κ2) is 6.94. The van der Waals surface area contributed by atoms with Crippen LogP contribution in [-0.4, -0.2) is 12.5 Å². The molecule has 1 rings (SSSR count). The van der Waals surface area contributed by atoms with Crippen molar-refractivity contribution >= 4 is 27.5 Å². The second-order valence-corrected chi connectivity index (χ2v) is 5.64. The molecule has 1 aromatic rings. The van der Waals surface area contributed by atoms with E-state index in [0.29, 0.717) is 11.9 Å². The van der Waals surface area contributed by atoms with Crippen LogP contribution in [0.1, 0.15) is 39.7 Å². The molecule has 1 aromatic carbocycles. The molecule has 0 aliphatic rings. The van der Waals surface area contributed by atoms with Crippen LogP contribution in [0.3, 0.4) is 0 Å². The maximum atomic E-state index is 12.1. The number of ether oxygens (including phenoxy) is 1. The Labute approximate surface area is 123 Å². The number of hydrogen-bond donors (Lipinski definition) is 1. The van der Waals surface area contributed by atoms with E-state index in [2.05, 4.69) is 21.2 Å². The Morgan fingerprint density at radius 2 is 2.05 bits per heavy atom. The van der Waals surface area contributed by atoms with Crippen LogP contribution in [0.15, 0.2) is 18.2 Å². The van der Waals surface area contributed by atoms with Gasteiger partial charge in [0.2, 0.25) is 5.91 Å². The van der Waals surface area contributed by atoms with Gasteiger partial charge in [0.25, 0.3) is 0 Å². The van der Waals surface area contributed by atoms with Crippen molar-refractivity contribution in [2.24, 2.45) is 5.41 Å². The van der Waals surface area contributed by atoms with Crippen molar-refractivity contribution in [3.63, 3.8) is 0 Å². The zero-order chi connectivity index (χ0) is 14.5. The maximum absolute atomic E-state index is 12.1. The summed E-state index contributed by atoms with van der Waals surface area (Å²) in [5.41, 5.74) is 1.49. The zero-order valence-electron chi connectivity index (χ0n) is 12.0. The molecule has 0 heterocycles. The van der Waals surface area contributed by atoms with Crippen LogP contribution < -0.4 is 10.1 Å². The largest absolute Gasteiger partial charge is 0.494 e. The summed E-state index contributed by atoms with van der Waals surface area (Å²) < 4.78 is 5.53. The lowest BCUT2D eigenvalue weighted by atomic mass is 9.89. The quantitative estimate of drug-likeness (QED) is 0.788. The molecule has 1 amide bonds. The van der Waals surface area contributed by atoms with Gasteiger partial charge in [-0.15, -0.1) is 0 Å². The third kappa shape index (κ3) is 4.23. The van der Waals surface area contributed by atoms with Gasteiger partial charge in [-0.3, -0.25) is 4.79 Å². The van der Waals surface area contributed by atoms with E-state index in [1.54, 1.807) is 0 Å². The normalized spacial score (nSPS) is 11.2. The number of rotatable bonds is 6. The minimum Gasteiger partial charge on any atom is -0.494 e. The number of carbonyl (C=O) groups is 1. The summed E-state index contributed by atoms with van der Waals surface area (Å²) in [7, 11) is 0.